The molecule has 0 aliphatic heterocycles. The fraction of sp³-hybridized carbons (Fsp3) is 0.500. The zero-order valence-electron chi connectivity index (χ0n) is 11.5. The maximum absolute atomic E-state index is 12.2. The second-order valence-corrected chi connectivity index (χ2v) is 5.01. The highest BCUT2D eigenvalue weighted by atomic mass is 16.5. The summed E-state index contributed by atoms with van der Waals surface area (Å²) in [5, 5.41) is 15.8. The molecule has 2 atom stereocenters. The van der Waals surface area contributed by atoms with Crippen molar-refractivity contribution in [3.63, 3.8) is 0 Å². The van der Waals surface area contributed by atoms with Gasteiger partial charge in [0.1, 0.15) is 5.76 Å². The molecule has 1 amide bonds. The molecule has 0 spiro atoms. The number of aliphatic carboxylic acids is 1. The highest BCUT2D eigenvalue weighted by Gasteiger charge is 2.33. The monoisotopic (exact) mass is 278 g/mol. The quantitative estimate of drug-likeness (QED) is 0.816. The number of carboxylic acids is 1. The van der Waals surface area contributed by atoms with Crippen LogP contribution in [0.3, 0.4) is 0 Å². The third-order valence-electron chi connectivity index (χ3n) is 3.71. The summed E-state index contributed by atoms with van der Waals surface area (Å²) >= 11 is 0. The van der Waals surface area contributed by atoms with Gasteiger partial charge in [-0.1, -0.05) is 17.3 Å². The van der Waals surface area contributed by atoms with Crippen molar-refractivity contribution in [2.45, 2.75) is 33.2 Å². The molecule has 0 saturated heterocycles. The van der Waals surface area contributed by atoms with Crippen molar-refractivity contribution in [1.29, 1.82) is 0 Å². The molecule has 2 rings (SSSR count). The Balaban J connectivity index is 2.01. The van der Waals surface area contributed by atoms with Crippen LogP contribution in [0, 0.1) is 25.7 Å². The highest BCUT2D eigenvalue weighted by Crippen LogP contribution is 2.26. The molecular weight excluding hydrogens is 260 g/mol. The van der Waals surface area contributed by atoms with Gasteiger partial charge in [0, 0.05) is 12.1 Å². The van der Waals surface area contributed by atoms with E-state index >= 15 is 0 Å². The van der Waals surface area contributed by atoms with E-state index in [-0.39, 0.29) is 5.91 Å². The molecule has 6 heteroatoms. The lowest BCUT2D eigenvalue weighted by Gasteiger charge is -2.24. The average molecular weight is 278 g/mol. The van der Waals surface area contributed by atoms with Gasteiger partial charge in [0.05, 0.1) is 17.5 Å². The van der Waals surface area contributed by atoms with Crippen LogP contribution in [-0.2, 0) is 16.1 Å². The third-order valence-corrected chi connectivity index (χ3v) is 3.71. The minimum absolute atomic E-state index is 0.234. The average Bonchev–Trinajstić information content (AvgIpc) is 2.75. The number of aromatic nitrogens is 1. The smallest absolute Gasteiger partial charge is 0.307 e. The molecule has 0 radical (unpaired) electrons. The molecule has 0 saturated carbocycles. The first-order valence-corrected chi connectivity index (χ1v) is 6.58. The molecule has 0 aromatic carbocycles. The number of nitrogens with one attached hydrogen (secondary N) is 1. The minimum atomic E-state index is -0.924. The fourth-order valence-electron chi connectivity index (χ4n) is 2.44. The lowest BCUT2D eigenvalue weighted by atomic mass is 9.82. The summed E-state index contributed by atoms with van der Waals surface area (Å²) in [5.74, 6) is -1.66. The Morgan fingerprint density at radius 1 is 1.35 bits per heavy atom. The van der Waals surface area contributed by atoms with Crippen molar-refractivity contribution in [1.82, 2.24) is 10.5 Å². The fourth-order valence-corrected chi connectivity index (χ4v) is 2.44. The first kappa shape index (κ1) is 14.3. The Bertz CT molecular complexity index is 528. The Labute approximate surface area is 116 Å². The van der Waals surface area contributed by atoms with E-state index in [1.807, 2.05) is 12.2 Å². The number of allylic oxidation sites excluding steroid dienone is 2. The molecule has 2 N–H and O–H groups in total. The van der Waals surface area contributed by atoms with E-state index in [4.69, 9.17) is 9.63 Å². The number of hydrogen-bond acceptors (Lipinski definition) is 4. The van der Waals surface area contributed by atoms with Crippen LogP contribution in [0.5, 0.6) is 0 Å². The van der Waals surface area contributed by atoms with Crippen LogP contribution in [0.25, 0.3) is 0 Å². The molecule has 20 heavy (non-hydrogen) atoms. The van der Waals surface area contributed by atoms with Crippen LogP contribution in [0.2, 0.25) is 0 Å². The van der Waals surface area contributed by atoms with E-state index in [1.165, 1.54) is 0 Å². The number of aryl methyl sites for hydroxylation is 2. The number of carboxylic acid groups (broad SMARTS) is 1. The van der Waals surface area contributed by atoms with Crippen LogP contribution in [0.15, 0.2) is 16.7 Å². The molecule has 1 aromatic heterocycles. The molecular formula is C14H18N2O4. The standard InChI is InChI=1S/C14H18N2O4/c1-8-12(9(2)20-16-8)7-15-13(17)10-5-3-4-6-11(10)14(18)19/h3-4,10-11H,5-7H2,1-2H3,(H,15,17)(H,18,19). The number of hydrogen-bond donors (Lipinski definition) is 2. The number of rotatable bonds is 4. The van der Waals surface area contributed by atoms with E-state index in [1.54, 1.807) is 13.8 Å². The van der Waals surface area contributed by atoms with Crippen molar-refractivity contribution < 1.29 is 19.2 Å². The molecule has 6 nitrogen and oxygen atoms in total. The Morgan fingerprint density at radius 2 is 2.00 bits per heavy atom. The van der Waals surface area contributed by atoms with E-state index in [2.05, 4.69) is 10.5 Å². The maximum Gasteiger partial charge on any atom is 0.307 e. The van der Waals surface area contributed by atoms with Gasteiger partial charge < -0.3 is 14.9 Å². The van der Waals surface area contributed by atoms with Gasteiger partial charge in [-0.15, -0.1) is 0 Å². The van der Waals surface area contributed by atoms with E-state index < -0.39 is 17.8 Å². The van der Waals surface area contributed by atoms with Gasteiger partial charge >= 0.3 is 5.97 Å². The number of amides is 1. The van der Waals surface area contributed by atoms with Gasteiger partial charge in [0.25, 0.3) is 0 Å². The van der Waals surface area contributed by atoms with Crippen LogP contribution in [-0.4, -0.2) is 22.1 Å². The molecule has 1 heterocycles. The van der Waals surface area contributed by atoms with Gasteiger partial charge in [0.2, 0.25) is 5.91 Å². The zero-order chi connectivity index (χ0) is 14.7. The van der Waals surface area contributed by atoms with Crippen molar-refractivity contribution in [3.05, 3.63) is 29.2 Å². The molecule has 1 aromatic rings. The molecule has 0 fully saturated rings. The normalized spacial score (nSPS) is 21.7. The van der Waals surface area contributed by atoms with E-state index in [9.17, 15) is 9.59 Å². The Hall–Kier alpha value is -2.11. The highest BCUT2D eigenvalue weighted by molar-refractivity contribution is 5.85. The third kappa shape index (κ3) is 2.89. The van der Waals surface area contributed by atoms with Crippen molar-refractivity contribution in [2.75, 3.05) is 0 Å². The van der Waals surface area contributed by atoms with Crippen LogP contribution in [0.4, 0.5) is 0 Å². The van der Waals surface area contributed by atoms with Crippen LogP contribution < -0.4 is 5.32 Å². The second-order valence-electron chi connectivity index (χ2n) is 5.01. The predicted octanol–water partition coefficient (Wildman–Crippen LogP) is 1.57. The summed E-state index contributed by atoms with van der Waals surface area (Å²) in [4.78, 5) is 23.3. The summed E-state index contributed by atoms with van der Waals surface area (Å²) in [6, 6.07) is 0. The lowest BCUT2D eigenvalue weighted by molar-refractivity contribution is -0.147. The first-order chi connectivity index (χ1) is 9.50. The van der Waals surface area contributed by atoms with Gasteiger partial charge in [-0.25, -0.2) is 0 Å². The summed E-state index contributed by atoms with van der Waals surface area (Å²) in [7, 11) is 0. The number of carbonyl (C=O) groups excluding carboxylic acids is 1. The summed E-state index contributed by atoms with van der Waals surface area (Å²) < 4.78 is 5.03. The van der Waals surface area contributed by atoms with Gasteiger partial charge in [-0.2, -0.15) is 0 Å². The molecule has 108 valence electrons. The first-order valence-electron chi connectivity index (χ1n) is 6.58. The Kier molecular flexibility index (Phi) is 4.22. The largest absolute Gasteiger partial charge is 0.481 e. The Morgan fingerprint density at radius 3 is 2.55 bits per heavy atom. The van der Waals surface area contributed by atoms with E-state index in [0.29, 0.717) is 25.1 Å². The van der Waals surface area contributed by atoms with Gasteiger partial charge in [-0.3, -0.25) is 9.59 Å². The zero-order valence-corrected chi connectivity index (χ0v) is 11.5. The molecule has 1 aliphatic rings. The second kappa shape index (κ2) is 5.90. The van der Waals surface area contributed by atoms with Crippen LogP contribution >= 0.6 is 0 Å². The number of nitrogens with zero attached hydrogens (tertiary/aromatic N) is 1. The summed E-state index contributed by atoms with van der Waals surface area (Å²) in [5.41, 5.74) is 1.58. The lowest BCUT2D eigenvalue weighted by Crippen LogP contribution is -2.38. The maximum atomic E-state index is 12.2. The summed E-state index contributed by atoms with van der Waals surface area (Å²) in [6.07, 6.45) is 4.54. The number of carbonyl (C=O) groups is 2. The van der Waals surface area contributed by atoms with Crippen molar-refractivity contribution >= 4 is 11.9 Å². The van der Waals surface area contributed by atoms with Crippen molar-refractivity contribution in [2.24, 2.45) is 11.8 Å². The molecule has 1 aliphatic carbocycles. The van der Waals surface area contributed by atoms with Gasteiger partial charge in [-0.05, 0) is 26.7 Å². The van der Waals surface area contributed by atoms with Crippen molar-refractivity contribution in [3.8, 4) is 0 Å². The minimum Gasteiger partial charge on any atom is -0.481 e. The SMILES string of the molecule is Cc1noc(C)c1CNC(=O)C1CC=CCC1C(=O)O. The molecule has 2 unspecified atom stereocenters. The van der Waals surface area contributed by atoms with Crippen LogP contribution in [0.1, 0.15) is 29.9 Å². The molecule has 0 bridgehead atoms. The van der Waals surface area contributed by atoms with E-state index in [0.717, 1.165) is 11.3 Å². The van der Waals surface area contributed by atoms with Gasteiger partial charge in [0.15, 0.2) is 0 Å². The summed E-state index contributed by atoms with van der Waals surface area (Å²) in [6.45, 7) is 3.90. The predicted molar refractivity (Wildman–Crippen MR) is 70.8 cm³/mol. The topological polar surface area (TPSA) is 92.4 Å².